The van der Waals surface area contributed by atoms with Gasteiger partial charge in [0.05, 0.1) is 63.1 Å². The van der Waals surface area contributed by atoms with Crippen molar-refractivity contribution in [2.24, 2.45) is 10.8 Å². The molecular formula is C52H58Cl2F2N10O6. The number of aromatic nitrogens is 6. The first-order valence-corrected chi connectivity index (χ1v) is 24.5. The van der Waals surface area contributed by atoms with Crippen LogP contribution < -0.4 is 10.6 Å². The molecule has 3 N–H and O–H groups in total. The van der Waals surface area contributed by atoms with E-state index in [9.17, 15) is 28.0 Å². The number of ether oxygens (including phenoxy) is 2. The maximum Gasteiger partial charge on any atom is 0.312 e. The van der Waals surface area contributed by atoms with Gasteiger partial charge in [0.1, 0.15) is 23.3 Å². The number of anilines is 4. The van der Waals surface area contributed by atoms with Gasteiger partial charge in [-0.05, 0) is 109 Å². The second kappa shape index (κ2) is 23.1. The Morgan fingerprint density at radius 1 is 0.653 bits per heavy atom. The molecule has 380 valence electrons. The molecule has 2 saturated heterocycles. The Morgan fingerprint density at radius 3 is 1.54 bits per heavy atom. The summed E-state index contributed by atoms with van der Waals surface area (Å²) in [6.07, 6.45) is 5.57. The van der Waals surface area contributed by atoms with Crippen molar-refractivity contribution < 1.29 is 37.4 Å². The summed E-state index contributed by atoms with van der Waals surface area (Å²) in [7, 11) is 0. The number of aromatic amines is 1. The maximum atomic E-state index is 14.5. The highest BCUT2D eigenvalue weighted by molar-refractivity contribution is 6.31. The van der Waals surface area contributed by atoms with E-state index in [4.69, 9.17) is 37.7 Å². The standard InChI is InChI=1S/C28H33ClFN5O3.C24H25ClFN5O3/c1-5-38-26(37)28(13-16-34(17-14-28)25(36)20-9-7-10-21(29)24(20)30)18-19-8-6-11-22(32-19)33-23-12-15-31-35(23)27(2,3)4;1-2-34-23(33)24(15-16-5-3-8-19(28-16)29-20-9-12-27-30-20)10-13-31(14-11-24)22(32)17-6-4-7-18(25)21(17)26/h6-12,15H,5,13-14,16-18H2,1-4H3,(H,32,33);3-9,12H,2,10-11,13-15H2,1H3,(H2,27,28,29,30). The molecule has 0 unspecified atom stereocenters. The average Bonchev–Trinajstić information content (AvgIpc) is 4.07. The number of rotatable bonds is 14. The molecule has 20 heteroatoms. The number of hydrogen-bond donors (Lipinski definition) is 3. The zero-order valence-electron chi connectivity index (χ0n) is 40.8. The van der Waals surface area contributed by atoms with Gasteiger partial charge in [-0.1, -0.05) is 47.5 Å². The normalized spacial score (nSPS) is 15.2. The number of nitrogens with one attached hydrogen (secondary N) is 3. The van der Waals surface area contributed by atoms with Gasteiger partial charge >= 0.3 is 11.9 Å². The van der Waals surface area contributed by atoms with Crippen LogP contribution in [0.2, 0.25) is 10.0 Å². The molecule has 4 aromatic heterocycles. The summed E-state index contributed by atoms with van der Waals surface area (Å²) in [4.78, 5) is 64.7. The molecule has 2 aliphatic rings. The lowest BCUT2D eigenvalue weighted by atomic mass is 9.74. The molecule has 2 aromatic carbocycles. The second-order valence-electron chi connectivity index (χ2n) is 18.7. The zero-order valence-corrected chi connectivity index (χ0v) is 42.3. The molecule has 0 bridgehead atoms. The highest BCUT2D eigenvalue weighted by Gasteiger charge is 2.46. The van der Waals surface area contributed by atoms with Crippen molar-refractivity contribution in [3.63, 3.8) is 0 Å². The number of amides is 2. The minimum atomic E-state index is -0.849. The minimum Gasteiger partial charge on any atom is -0.466 e. The number of carbonyl (C=O) groups excluding carboxylic acids is 4. The number of halogens is 4. The Morgan fingerprint density at radius 2 is 1.11 bits per heavy atom. The molecule has 2 amide bonds. The lowest BCUT2D eigenvalue weighted by molar-refractivity contribution is -0.159. The molecule has 16 nitrogen and oxygen atoms in total. The number of piperidine rings is 2. The Bertz CT molecular complexity index is 2860. The van der Waals surface area contributed by atoms with Crippen LogP contribution in [0.3, 0.4) is 0 Å². The van der Waals surface area contributed by atoms with E-state index in [1.807, 2.05) is 47.1 Å². The molecule has 2 fully saturated rings. The number of pyridine rings is 2. The topological polar surface area (TPSA) is 190 Å². The molecule has 0 aliphatic carbocycles. The molecule has 0 radical (unpaired) electrons. The average molecular weight is 1030 g/mol. The predicted octanol–water partition coefficient (Wildman–Crippen LogP) is 9.97. The molecule has 8 rings (SSSR count). The number of nitrogens with zero attached hydrogens (tertiary/aromatic N) is 7. The van der Waals surface area contributed by atoms with E-state index in [0.717, 1.165) is 17.2 Å². The number of likely N-dealkylation sites (tertiary alicyclic amines) is 2. The molecular weight excluding hydrogens is 970 g/mol. The van der Waals surface area contributed by atoms with E-state index in [1.165, 1.54) is 24.3 Å². The first-order valence-electron chi connectivity index (χ1n) is 23.8. The van der Waals surface area contributed by atoms with E-state index < -0.39 is 34.3 Å². The van der Waals surface area contributed by atoms with Crippen molar-refractivity contribution in [2.75, 3.05) is 50.0 Å². The van der Waals surface area contributed by atoms with E-state index in [0.29, 0.717) is 56.0 Å². The van der Waals surface area contributed by atoms with Crippen LogP contribution in [0.15, 0.2) is 97.3 Å². The number of benzene rings is 2. The van der Waals surface area contributed by atoms with E-state index in [2.05, 4.69) is 51.7 Å². The fourth-order valence-corrected chi connectivity index (χ4v) is 9.29. The molecule has 6 aromatic rings. The SMILES string of the molecule is CCOC(=O)C1(Cc2cccc(Nc3ccn[nH]3)n2)CCN(C(=O)c2cccc(Cl)c2F)CC1.CCOC(=O)C1(Cc2cccc(Nc3ccnn3C(C)(C)C)n2)CCN(C(=O)c2cccc(Cl)c2F)CC1. The van der Waals surface area contributed by atoms with E-state index in [-0.39, 0.29) is 78.0 Å². The summed E-state index contributed by atoms with van der Waals surface area (Å²) in [5.74, 6) is -0.223. The van der Waals surface area contributed by atoms with Gasteiger partial charge in [-0.2, -0.15) is 10.2 Å². The van der Waals surface area contributed by atoms with E-state index >= 15 is 0 Å². The van der Waals surface area contributed by atoms with Gasteiger partial charge in [0.15, 0.2) is 11.6 Å². The summed E-state index contributed by atoms with van der Waals surface area (Å²) >= 11 is 11.7. The molecule has 0 spiro atoms. The van der Waals surface area contributed by atoms with Crippen molar-refractivity contribution in [1.82, 2.24) is 39.7 Å². The molecule has 72 heavy (non-hydrogen) atoms. The van der Waals surface area contributed by atoms with Gasteiger partial charge in [-0.3, -0.25) is 24.3 Å². The summed E-state index contributed by atoms with van der Waals surface area (Å²) < 4.78 is 41.6. The number of hydrogen-bond acceptors (Lipinski definition) is 12. The maximum absolute atomic E-state index is 14.5. The first kappa shape index (κ1) is 52.9. The van der Waals surface area contributed by atoms with Crippen molar-refractivity contribution in [1.29, 1.82) is 0 Å². The van der Waals surface area contributed by atoms with Crippen LogP contribution in [-0.4, -0.2) is 103 Å². The Balaban J connectivity index is 0.000000213. The molecule has 6 heterocycles. The van der Waals surface area contributed by atoms with Crippen molar-refractivity contribution >= 4 is 70.2 Å². The monoisotopic (exact) mass is 1030 g/mol. The zero-order chi connectivity index (χ0) is 51.6. The van der Waals surface area contributed by atoms with Crippen molar-refractivity contribution in [3.8, 4) is 0 Å². The van der Waals surface area contributed by atoms with Crippen molar-refractivity contribution in [3.05, 3.63) is 142 Å². The fourth-order valence-electron chi connectivity index (χ4n) is 8.94. The third-order valence-electron chi connectivity index (χ3n) is 12.7. The first-order chi connectivity index (χ1) is 34.5. The summed E-state index contributed by atoms with van der Waals surface area (Å²) in [5, 5.41) is 17.4. The molecule has 2 aliphatic heterocycles. The lowest BCUT2D eigenvalue weighted by Gasteiger charge is -2.40. The van der Waals surface area contributed by atoms with Crippen LogP contribution in [-0.2, 0) is 37.4 Å². The largest absolute Gasteiger partial charge is 0.466 e. The quantitative estimate of drug-likeness (QED) is 0.0877. The number of esters is 2. The van der Waals surface area contributed by atoms with Gasteiger partial charge in [0.2, 0.25) is 0 Å². The third-order valence-corrected chi connectivity index (χ3v) is 13.3. The van der Waals surface area contributed by atoms with Crippen LogP contribution in [0.1, 0.15) is 92.4 Å². The van der Waals surface area contributed by atoms with Crippen LogP contribution >= 0.6 is 23.2 Å². The number of H-pyrrole nitrogens is 1. The Kier molecular flexibility index (Phi) is 17.0. The van der Waals surface area contributed by atoms with Gasteiger partial charge < -0.3 is 29.9 Å². The van der Waals surface area contributed by atoms with Gasteiger partial charge in [-0.25, -0.2) is 23.4 Å². The number of carbonyl (C=O) groups is 4. The fraction of sp³-hybridized carbons (Fsp3) is 0.385. The minimum absolute atomic E-state index is 0.0731. The Hall–Kier alpha value is -6.92. The Labute approximate surface area is 426 Å². The van der Waals surface area contributed by atoms with Crippen LogP contribution in [0.25, 0.3) is 0 Å². The second-order valence-corrected chi connectivity index (χ2v) is 19.5. The van der Waals surface area contributed by atoms with E-state index in [1.54, 1.807) is 54.2 Å². The molecule has 0 saturated carbocycles. The smallest absolute Gasteiger partial charge is 0.312 e. The van der Waals surface area contributed by atoms with Gasteiger partial charge in [0.25, 0.3) is 11.8 Å². The highest BCUT2D eigenvalue weighted by Crippen LogP contribution is 2.39. The van der Waals surface area contributed by atoms with Crippen LogP contribution in [0, 0.1) is 22.5 Å². The third kappa shape index (κ3) is 12.4. The highest BCUT2D eigenvalue weighted by atomic mass is 35.5. The molecule has 0 atom stereocenters. The predicted molar refractivity (Wildman–Crippen MR) is 269 cm³/mol. The summed E-state index contributed by atoms with van der Waals surface area (Å²) in [5.41, 5.74) is -0.593. The van der Waals surface area contributed by atoms with Crippen LogP contribution in [0.4, 0.5) is 32.1 Å². The van der Waals surface area contributed by atoms with Gasteiger partial charge in [0, 0.05) is 62.5 Å². The lowest BCUT2D eigenvalue weighted by Crippen LogP contribution is -2.48. The summed E-state index contributed by atoms with van der Waals surface area (Å²) in [6, 6.07) is 23.6. The van der Waals surface area contributed by atoms with Crippen LogP contribution in [0.5, 0.6) is 0 Å². The van der Waals surface area contributed by atoms with Gasteiger partial charge in [-0.15, -0.1) is 0 Å². The van der Waals surface area contributed by atoms with Crippen molar-refractivity contribution in [2.45, 2.75) is 78.7 Å². The summed E-state index contributed by atoms with van der Waals surface area (Å²) in [6.45, 7) is 11.4.